The maximum atomic E-state index is 12.7. The van der Waals surface area contributed by atoms with Crippen LogP contribution in [0.3, 0.4) is 0 Å². The van der Waals surface area contributed by atoms with Crippen LogP contribution >= 0.6 is 0 Å². The summed E-state index contributed by atoms with van der Waals surface area (Å²) >= 11 is 0. The lowest BCUT2D eigenvalue weighted by atomic mass is 10.1. The van der Waals surface area contributed by atoms with Crippen molar-refractivity contribution in [1.29, 1.82) is 0 Å². The summed E-state index contributed by atoms with van der Waals surface area (Å²) in [4.78, 5) is 26.2. The number of nitrogens with zero attached hydrogens (tertiary/aromatic N) is 2. The Hall–Kier alpha value is -3.28. The van der Waals surface area contributed by atoms with E-state index in [1.807, 2.05) is 36.6 Å². The molecule has 0 radical (unpaired) electrons. The second kappa shape index (κ2) is 7.53. The first-order valence-corrected chi connectivity index (χ1v) is 8.69. The average Bonchev–Trinajstić information content (AvgIpc) is 3.25. The van der Waals surface area contributed by atoms with Crippen molar-refractivity contribution in [1.82, 2.24) is 9.47 Å². The van der Waals surface area contributed by atoms with E-state index in [0.29, 0.717) is 23.4 Å². The molecular formula is C21H23N3O3. The molecule has 0 aliphatic rings. The first-order valence-electron chi connectivity index (χ1n) is 8.69. The molecule has 1 N–H and O–H groups in total. The van der Waals surface area contributed by atoms with Crippen LogP contribution in [0.25, 0.3) is 0 Å². The monoisotopic (exact) mass is 365 g/mol. The largest absolute Gasteiger partial charge is 0.467 e. The quantitative estimate of drug-likeness (QED) is 0.750. The van der Waals surface area contributed by atoms with E-state index >= 15 is 0 Å². The normalized spacial score (nSPS) is 10.7. The minimum atomic E-state index is -0.180. The molecule has 3 rings (SSSR count). The van der Waals surface area contributed by atoms with Crippen LogP contribution in [0.1, 0.15) is 37.9 Å². The Morgan fingerprint density at radius 3 is 2.41 bits per heavy atom. The molecule has 6 nitrogen and oxygen atoms in total. The fourth-order valence-corrected chi connectivity index (χ4v) is 2.99. The van der Waals surface area contributed by atoms with E-state index in [9.17, 15) is 9.59 Å². The molecule has 0 aliphatic heterocycles. The predicted octanol–water partition coefficient (Wildman–Crippen LogP) is 3.70. The zero-order chi connectivity index (χ0) is 19.6. The molecule has 0 bridgehead atoms. The molecule has 0 saturated carbocycles. The summed E-state index contributed by atoms with van der Waals surface area (Å²) in [6.45, 7) is 4.47. The maximum Gasteiger partial charge on any atom is 0.257 e. The van der Waals surface area contributed by atoms with Gasteiger partial charge in [0.25, 0.3) is 11.8 Å². The van der Waals surface area contributed by atoms with Crippen molar-refractivity contribution >= 4 is 17.5 Å². The summed E-state index contributed by atoms with van der Waals surface area (Å²) in [6.07, 6.45) is 1.64. The molecule has 2 amide bonds. The molecule has 2 heterocycles. The van der Waals surface area contributed by atoms with Gasteiger partial charge in [-0.05, 0) is 56.3 Å². The lowest BCUT2D eigenvalue weighted by Crippen LogP contribution is -2.21. The van der Waals surface area contributed by atoms with Gasteiger partial charge in [0.15, 0.2) is 0 Å². The minimum absolute atomic E-state index is 0.0747. The number of carbonyl (C=O) groups excluding carboxylic acids is 2. The number of benzene rings is 1. The van der Waals surface area contributed by atoms with Gasteiger partial charge in [0.05, 0.1) is 18.4 Å². The molecule has 3 aromatic rings. The van der Waals surface area contributed by atoms with Crippen molar-refractivity contribution < 1.29 is 14.0 Å². The molecule has 140 valence electrons. The van der Waals surface area contributed by atoms with Crippen molar-refractivity contribution in [2.75, 3.05) is 19.4 Å². The molecule has 0 fully saturated rings. The number of rotatable bonds is 5. The Kier molecular flexibility index (Phi) is 5.16. The van der Waals surface area contributed by atoms with E-state index in [2.05, 4.69) is 5.32 Å². The second-order valence-corrected chi connectivity index (χ2v) is 6.68. The topological polar surface area (TPSA) is 67.5 Å². The van der Waals surface area contributed by atoms with Crippen molar-refractivity contribution in [3.05, 3.63) is 77.0 Å². The summed E-state index contributed by atoms with van der Waals surface area (Å²) in [5, 5.41) is 2.89. The third kappa shape index (κ3) is 3.95. The Morgan fingerprint density at radius 2 is 1.81 bits per heavy atom. The summed E-state index contributed by atoms with van der Waals surface area (Å²) in [5.41, 5.74) is 3.70. The van der Waals surface area contributed by atoms with Gasteiger partial charge in [-0.3, -0.25) is 9.59 Å². The molecule has 6 heteroatoms. The van der Waals surface area contributed by atoms with Gasteiger partial charge in [0.1, 0.15) is 5.76 Å². The summed E-state index contributed by atoms with van der Waals surface area (Å²) in [6, 6.07) is 12.5. The van der Waals surface area contributed by atoms with Crippen molar-refractivity contribution in [2.24, 2.45) is 0 Å². The number of anilines is 1. The van der Waals surface area contributed by atoms with Crippen LogP contribution in [0.4, 0.5) is 5.69 Å². The van der Waals surface area contributed by atoms with Crippen LogP contribution in [0.15, 0.2) is 53.1 Å². The van der Waals surface area contributed by atoms with Gasteiger partial charge in [0.2, 0.25) is 0 Å². The number of carbonyl (C=O) groups is 2. The maximum absolute atomic E-state index is 12.7. The van der Waals surface area contributed by atoms with E-state index in [-0.39, 0.29) is 11.8 Å². The van der Waals surface area contributed by atoms with Crippen molar-refractivity contribution in [3.8, 4) is 0 Å². The van der Waals surface area contributed by atoms with Crippen LogP contribution in [-0.4, -0.2) is 35.4 Å². The number of hydrogen-bond donors (Lipinski definition) is 1. The summed E-state index contributed by atoms with van der Waals surface area (Å²) in [7, 11) is 3.41. The van der Waals surface area contributed by atoms with Crippen molar-refractivity contribution in [2.45, 2.75) is 20.4 Å². The van der Waals surface area contributed by atoms with Crippen molar-refractivity contribution in [3.63, 3.8) is 0 Å². The van der Waals surface area contributed by atoms with Crippen LogP contribution in [0, 0.1) is 13.8 Å². The Labute approximate surface area is 158 Å². The fourth-order valence-electron chi connectivity index (χ4n) is 2.99. The number of amides is 2. The third-order valence-corrected chi connectivity index (χ3v) is 4.51. The highest BCUT2D eigenvalue weighted by molar-refractivity contribution is 6.05. The van der Waals surface area contributed by atoms with E-state index in [4.69, 9.17) is 4.42 Å². The molecule has 0 spiro atoms. The van der Waals surface area contributed by atoms with E-state index < -0.39 is 0 Å². The lowest BCUT2D eigenvalue weighted by Gasteiger charge is -2.11. The van der Waals surface area contributed by atoms with E-state index in [1.54, 1.807) is 44.6 Å². The first kappa shape index (κ1) is 18.5. The highest BCUT2D eigenvalue weighted by atomic mass is 16.3. The molecule has 27 heavy (non-hydrogen) atoms. The fraction of sp³-hybridized carbons (Fsp3) is 0.238. The van der Waals surface area contributed by atoms with E-state index in [1.165, 1.54) is 4.90 Å². The zero-order valence-electron chi connectivity index (χ0n) is 15.9. The number of furan rings is 1. The van der Waals surface area contributed by atoms with Crippen LogP contribution < -0.4 is 5.32 Å². The highest BCUT2D eigenvalue weighted by Crippen LogP contribution is 2.19. The molecular weight excluding hydrogens is 342 g/mol. The van der Waals surface area contributed by atoms with E-state index in [0.717, 1.165) is 17.1 Å². The lowest BCUT2D eigenvalue weighted by molar-refractivity contribution is 0.0827. The molecule has 1 aromatic carbocycles. The predicted molar refractivity (Wildman–Crippen MR) is 104 cm³/mol. The SMILES string of the molecule is Cc1cc(C(=O)Nc2ccc(C(=O)N(C)C)cc2)c(C)n1Cc1ccco1. The van der Waals surface area contributed by atoms with Crippen LogP contribution in [0.5, 0.6) is 0 Å². The summed E-state index contributed by atoms with van der Waals surface area (Å²) in [5.74, 6) is 0.583. The minimum Gasteiger partial charge on any atom is -0.467 e. The summed E-state index contributed by atoms with van der Waals surface area (Å²) < 4.78 is 7.46. The molecule has 2 aromatic heterocycles. The van der Waals surface area contributed by atoms with Crippen LogP contribution in [-0.2, 0) is 6.54 Å². The number of nitrogens with one attached hydrogen (secondary N) is 1. The Bertz CT molecular complexity index is 951. The third-order valence-electron chi connectivity index (χ3n) is 4.51. The second-order valence-electron chi connectivity index (χ2n) is 6.68. The smallest absolute Gasteiger partial charge is 0.257 e. The van der Waals surface area contributed by atoms with Crippen LogP contribution in [0.2, 0.25) is 0 Å². The molecule has 0 aliphatic carbocycles. The molecule has 0 saturated heterocycles. The standard InChI is InChI=1S/C21H23N3O3/c1-14-12-19(15(2)24(14)13-18-6-5-11-27-18)20(25)22-17-9-7-16(8-10-17)21(26)23(3)4/h5-12H,13H2,1-4H3,(H,22,25). The number of hydrogen-bond acceptors (Lipinski definition) is 3. The number of aromatic nitrogens is 1. The number of aryl methyl sites for hydroxylation is 1. The highest BCUT2D eigenvalue weighted by Gasteiger charge is 2.17. The van der Waals surface area contributed by atoms with Gasteiger partial charge in [0, 0.05) is 36.7 Å². The van der Waals surface area contributed by atoms with Gasteiger partial charge in [-0.15, -0.1) is 0 Å². The van der Waals surface area contributed by atoms with Gasteiger partial charge in [-0.25, -0.2) is 0 Å². The van der Waals surface area contributed by atoms with Gasteiger partial charge >= 0.3 is 0 Å². The average molecular weight is 365 g/mol. The Balaban J connectivity index is 1.76. The van der Waals surface area contributed by atoms with Gasteiger partial charge in [-0.1, -0.05) is 0 Å². The molecule has 0 atom stereocenters. The zero-order valence-corrected chi connectivity index (χ0v) is 15.9. The molecule has 0 unspecified atom stereocenters. The van der Waals surface area contributed by atoms with Gasteiger partial charge < -0.3 is 19.2 Å². The first-order chi connectivity index (χ1) is 12.9. The Morgan fingerprint density at radius 1 is 1.11 bits per heavy atom. The van der Waals surface area contributed by atoms with Gasteiger partial charge in [-0.2, -0.15) is 0 Å².